The lowest BCUT2D eigenvalue weighted by molar-refractivity contribution is 0.0702. The summed E-state index contributed by atoms with van der Waals surface area (Å²) in [6, 6.07) is 0. The molecule has 0 saturated carbocycles. The van der Waals surface area contributed by atoms with E-state index in [4.69, 9.17) is 20.3 Å². The van der Waals surface area contributed by atoms with Crippen LogP contribution in [0.5, 0.6) is 10.8 Å². The maximum Gasteiger partial charge on any atom is 0.348 e. The number of fused-ring (bicyclic) bond motifs is 1. The van der Waals surface area contributed by atoms with E-state index in [0.717, 1.165) is 11.3 Å². The fourth-order valence-corrected chi connectivity index (χ4v) is 1.78. The molecule has 1 aromatic heterocycles. The maximum atomic E-state index is 10.5. The summed E-state index contributed by atoms with van der Waals surface area (Å²) in [5.41, 5.74) is 5.63. The van der Waals surface area contributed by atoms with Gasteiger partial charge in [0.25, 0.3) is 0 Å². The zero-order valence-electron chi connectivity index (χ0n) is 5.86. The Kier molecular flexibility index (Phi) is 1.37. The van der Waals surface area contributed by atoms with Crippen LogP contribution in [0.2, 0.25) is 0 Å². The highest BCUT2D eigenvalue weighted by Crippen LogP contribution is 2.47. The third-order valence-electron chi connectivity index (χ3n) is 1.46. The first-order valence-electron chi connectivity index (χ1n) is 3.11. The summed E-state index contributed by atoms with van der Waals surface area (Å²) in [5, 5.41) is 9.09. The second-order valence-electron chi connectivity index (χ2n) is 2.17. The molecule has 5 nitrogen and oxygen atoms in total. The molecule has 0 amide bonds. The van der Waals surface area contributed by atoms with Crippen LogP contribution in [-0.4, -0.2) is 17.9 Å². The molecule has 0 aliphatic carbocycles. The van der Waals surface area contributed by atoms with Crippen molar-refractivity contribution in [3.63, 3.8) is 0 Å². The van der Waals surface area contributed by atoms with Gasteiger partial charge >= 0.3 is 5.97 Å². The van der Waals surface area contributed by atoms with Gasteiger partial charge in [-0.05, 0) is 0 Å². The molecule has 0 aromatic carbocycles. The lowest BCUT2D eigenvalue weighted by Gasteiger charge is -1.94. The number of carboxylic acids is 1. The molecule has 0 bridgehead atoms. The number of rotatable bonds is 1. The third-order valence-corrected chi connectivity index (χ3v) is 2.54. The Labute approximate surface area is 71.3 Å². The Morgan fingerprint density at radius 3 is 2.92 bits per heavy atom. The third kappa shape index (κ3) is 0.814. The summed E-state index contributed by atoms with van der Waals surface area (Å²) in [6.07, 6.45) is 0. The molecule has 2 heterocycles. The standard InChI is InChI=1S/C6H5NO4S/c7-2-3-6(11-1-10-3)12-4(2)5(8)9/h1,7H2,(H,8,9). The van der Waals surface area contributed by atoms with E-state index in [1.807, 2.05) is 0 Å². The van der Waals surface area contributed by atoms with Crippen molar-refractivity contribution in [3.8, 4) is 10.8 Å². The number of hydrogen-bond donors (Lipinski definition) is 2. The molecule has 64 valence electrons. The van der Waals surface area contributed by atoms with Crippen molar-refractivity contribution in [3.05, 3.63) is 4.88 Å². The largest absolute Gasteiger partial charge is 0.477 e. The van der Waals surface area contributed by atoms with Crippen LogP contribution in [0.25, 0.3) is 0 Å². The number of nitrogen functional groups attached to an aromatic ring is 1. The summed E-state index contributed by atoms with van der Waals surface area (Å²) in [7, 11) is 0. The van der Waals surface area contributed by atoms with Gasteiger partial charge in [-0.3, -0.25) is 0 Å². The van der Waals surface area contributed by atoms with Crippen LogP contribution in [-0.2, 0) is 0 Å². The monoisotopic (exact) mass is 187 g/mol. The van der Waals surface area contributed by atoms with Crippen molar-refractivity contribution in [2.24, 2.45) is 0 Å². The van der Waals surface area contributed by atoms with Crippen molar-refractivity contribution < 1.29 is 19.4 Å². The second-order valence-corrected chi connectivity index (χ2v) is 3.16. The predicted octanol–water partition coefficient (Wildman–Crippen LogP) is 0.757. The first-order valence-corrected chi connectivity index (χ1v) is 3.93. The summed E-state index contributed by atoms with van der Waals surface area (Å²) >= 11 is 0.985. The van der Waals surface area contributed by atoms with Gasteiger partial charge in [0, 0.05) is 0 Å². The first-order chi connectivity index (χ1) is 5.70. The number of hydrogen-bond acceptors (Lipinski definition) is 5. The molecule has 12 heavy (non-hydrogen) atoms. The minimum absolute atomic E-state index is 0.0692. The summed E-state index contributed by atoms with van der Waals surface area (Å²) in [4.78, 5) is 10.6. The van der Waals surface area contributed by atoms with Crippen molar-refractivity contribution >= 4 is 23.0 Å². The number of carbonyl (C=O) groups is 1. The van der Waals surface area contributed by atoms with Gasteiger partial charge in [0.2, 0.25) is 17.6 Å². The molecule has 0 saturated heterocycles. The Bertz CT molecular complexity index is 346. The first kappa shape index (κ1) is 7.23. The molecular weight excluding hydrogens is 182 g/mol. The van der Waals surface area contributed by atoms with Crippen LogP contribution in [0.1, 0.15) is 9.67 Å². The molecule has 1 aromatic rings. The number of carboxylic acid groups (broad SMARTS) is 1. The fraction of sp³-hybridized carbons (Fsp3) is 0.167. The lowest BCUT2D eigenvalue weighted by Crippen LogP contribution is -2.01. The number of aromatic carboxylic acids is 1. The van der Waals surface area contributed by atoms with Crippen LogP contribution < -0.4 is 15.2 Å². The smallest absolute Gasteiger partial charge is 0.348 e. The molecular formula is C6H5NO4S. The van der Waals surface area contributed by atoms with Crippen molar-refractivity contribution in [2.75, 3.05) is 12.5 Å². The van der Waals surface area contributed by atoms with Gasteiger partial charge in [0.15, 0.2) is 0 Å². The highest BCUT2D eigenvalue weighted by Gasteiger charge is 2.26. The van der Waals surface area contributed by atoms with Crippen LogP contribution in [0.4, 0.5) is 5.69 Å². The van der Waals surface area contributed by atoms with E-state index in [1.165, 1.54) is 0 Å². The van der Waals surface area contributed by atoms with Crippen molar-refractivity contribution in [1.82, 2.24) is 0 Å². The molecule has 3 N–H and O–H groups in total. The average Bonchev–Trinajstić information content (AvgIpc) is 2.53. The number of ether oxygens (including phenoxy) is 2. The summed E-state index contributed by atoms with van der Waals surface area (Å²) in [6.45, 7) is 0.116. The topological polar surface area (TPSA) is 81.8 Å². The van der Waals surface area contributed by atoms with Crippen LogP contribution in [0.3, 0.4) is 0 Å². The fourth-order valence-electron chi connectivity index (χ4n) is 0.940. The van der Waals surface area contributed by atoms with E-state index in [9.17, 15) is 4.79 Å². The normalized spacial score (nSPS) is 13.3. The highest BCUT2D eigenvalue weighted by molar-refractivity contribution is 7.16. The molecule has 1 aliphatic heterocycles. The molecule has 2 rings (SSSR count). The number of thiophene rings is 1. The van der Waals surface area contributed by atoms with Crippen LogP contribution in [0, 0.1) is 0 Å². The zero-order chi connectivity index (χ0) is 8.72. The van der Waals surface area contributed by atoms with Crippen molar-refractivity contribution in [2.45, 2.75) is 0 Å². The van der Waals surface area contributed by atoms with Gasteiger partial charge in [0.05, 0.1) is 0 Å². The molecule has 0 spiro atoms. The summed E-state index contributed by atoms with van der Waals surface area (Å²) < 4.78 is 9.92. The summed E-state index contributed by atoms with van der Waals surface area (Å²) in [5.74, 6) is -0.698. The highest BCUT2D eigenvalue weighted by atomic mass is 32.1. The SMILES string of the molecule is Nc1c(C(=O)O)sc2c1OCO2. The minimum Gasteiger partial charge on any atom is -0.477 e. The van der Waals surface area contributed by atoms with Gasteiger partial charge < -0.3 is 20.3 Å². The maximum absolute atomic E-state index is 10.5. The van der Waals surface area contributed by atoms with E-state index in [-0.39, 0.29) is 17.4 Å². The van der Waals surface area contributed by atoms with Crippen LogP contribution in [0.15, 0.2) is 0 Å². The Balaban J connectivity index is 2.54. The van der Waals surface area contributed by atoms with Gasteiger partial charge in [-0.2, -0.15) is 0 Å². The van der Waals surface area contributed by atoms with Gasteiger partial charge in [0.1, 0.15) is 10.6 Å². The van der Waals surface area contributed by atoms with Crippen molar-refractivity contribution in [1.29, 1.82) is 0 Å². The Morgan fingerprint density at radius 2 is 2.33 bits per heavy atom. The van der Waals surface area contributed by atoms with Gasteiger partial charge in [-0.25, -0.2) is 4.79 Å². The van der Waals surface area contributed by atoms with E-state index in [0.29, 0.717) is 10.8 Å². The minimum atomic E-state index is -1.06. The Hall–Kier alpha value is -1.43. The van der Waals surface area contributed by atoms with E-state index in [1.54, 1.807) is 0 Å². The lowest BCUT2D eigenvalue weighted by atomic mass is 10.4. The predicted molar refractivity (Wildman–Crippen MR) is 41.8 cm³/mol. The molecule has 6 heteroatoms. The average molecular weight is 187 g/mol. The molecule has 0 unspecified atom stereocenters. The van der Waals surface area contributed by atoms with E-state index in [2.05, 4.69) is 0 Å². The molecule has 0 atom stereocenters. The quantitative estimate of drug-likeness (QED) is 0.678. The number of anilines is 1. The number of nitrogens with two attached hydrogens (primary N) is 1. The van der Waals surface area contributed by atoms with E-state index < -0.39 is 5.97 Å². The van der Waals surface area contributed by atoms with Crippen LogP contribution >= 0.6 is 11.3 Å². The van der Waals surface area contributed by atoms with E-state index >= 15 is 0 Å². The van der Waals surface area contributed by atoms with Gasteiger partial charge in [-0.15, -0.1) is 0 Å². The van der Waals surface area contributed by atoms with Gasteiger partial charge in [-0.1, -0.05) is 11.3 Å². The zero-order valence-corrected chi connectivity index (χ0v) is 6.68. The Morgan fingerprint density at radius 1 is 1.58 bits per heavy atom. The molecule has 0 fully saturated rings. The molecule has 0 radical (unpaired) electrons. The second kappa shape index (κ2) is 2.28. The molecule has 1 aliphatic rings.